The summed E-state index contributed by atoms with van der Waals surface area (Å²) in [7, 11) is 0. The van der Waals surface area contributed by atoms with Crippen LogP contribution in [0.25, 0.3) is 22.4 Å². The fourth-order valence-electron chi connectivity index (χ4n) is 3.62. The lowest BCUT2D eigenvalue weighted by Crippen LogP contribution is -2.46. The first-order chi connectivity index (χ1) is 13.3. The number of benzene rings is 1. The maximum absolute atomic E-state index is 6.00. The highest BCUT2D eigenvalue weighted by Gasteiger charge is 2.23. The van der Waals surface area contributed by atoms with Crippen LogP contribution < -0.4 is 4.90 Å². The third-order valence-electron chi connectivity index (χ3n) is 5.08. The Labute approximate surface area is 155 Å². The Kier molecular flexibility index (Phi) is 3.90. The third kappa shape index (κ3) is 2.97. The highest BCUT2D eigenvalue weighted by Crippen LogP contribution is 2.29. The topological polar surface area (TPSA) is 87.2 Å². The molecule has 1 aliphatic rings. The van der Waals surface area contributed by atoms with Gasteiger partial charge < -0.3 is 9.32 Å². The first kappa shape index (κ1) is 16.1. The smallest absolute Gasteiger partial charge is 0.196 e. The minimum absolute atomic E-state index is 0.826. The van der Waals surface area contributed by atoms with Crippen molar-refractivity contribution in [2.75, 3.05) is 31.1 Å². The summed E-state index contributed by atoms with van der Waals surface area (Å²) in [4.78, 5) is 4.63. The molecule has 0 spiro atoms. The molecule has 4 heterocycles. The molecule has 1 N–H and O–H groups in total. The molecule has 0 atom stereocenters. The van der Waals surface area contributed by atoms with E-state index in [1.54, 1.807) is 0 Å². The lowest BCUT2D eigenvalue weighted by atomic mass is 10.1. The second-order valence-electron chi connectivity index (χ2n) is 6.86. The van der Waals surface area contributed by atoms with Crippen LogP contribution in [0.5, 0.6) is 0 Å². The average Bonchev–Trinajstić information content (AvgIpc) is 3.41. The van der Waals surface area contributed by atoms with E-state index in [1.807, 2.05) is 31.3 Å². The largest absolute Gasteiger partial charge is 0.454 e. The molecule has 3 aromatic heterocycles. The minimum Gasteiger partial charge on any atom is -0.454 e. The van der Waals surface area contributed by atoms with Crippen LogP contribution >= 0.6 is 0 Å². The SMILES string of the molecule is Cc1nonc1N1CCN(Cc2cn[nH]c2-c2cc3ccccc3o2)CC1. The predicted octanol–water partition coefficient (Wildman–Crippen LogP) is 2.84. The van der Waals surface area contributed by atoms with Crippen LogP contribution in [-0.2, 0) is 6.54 Å². The standard InChI is InChI=1S/C19H20N6O2/c1-13-19(23-27-22-13)25-8-6-24(7-9-25)12-15-11-20-21-18(15)17-10-14-4-2-3-5-16(14)26-17/h2-5,10-11H,6-9,12H2,1H3,(H,20,21). The number of hydrogen-bond donors (Lipinski definition) is 1. The van der Waals surface area contributed by atoms with E-state index in [4.69, 9.17) is 9.05 Å². The molecular formula is C19H20N6O2. The van der Waals surface area contributed by atoms with E-state index in [-0.39, 0.29) is 0 Å². The van der Waals surface area contributed by atoms with Gasteiger partial charge in [0.1, 0.15) is 17.0 Å². The Balaban J connectivity index is 1.30. The number of aromatic amines is 1. The van der Waals surface area contributed by atoms with Gasteiger partial charge in [0.05, 0.1) is 6.20 Å². The van der Waals surface area contributed by atoms with Gasteiger partial charge in [0.15, 0.2) is 11.6 Å². The molecule has 0 saturated carbocycles. The fourth-order valence-corrected chi connectivity index (χ4v) is 3.62. The van der Waals surface area contributed by atoms with Crippen molar-refractivity contribution >= 4 is 16.8 Å². The zero-order chi connectivity index (χ0) is 18.2. The summed E-state index contributed by atoms with van der Waals surface area (Å²) in [5.74, 6) is 1.67. The molecule has 0 amide bonds. The average molecular weight is 364 g/mol. The van der Waals surface area contributed by atoms with Gasteiger partial charge in [0.25, 0.3) is 0 Å². The van der Waals surface area contributed by atoms with Gasteiger partial charge in [-0.25, -0.2) is 4.63 Å². The van der Waals surface area contributed by atoms with E-state index in [9.17, 15) is 0 Å². The summed E-state index contributed by atoms with van der Waals surface area (Å²) in [5, 5.41) is 16.3. The number of anilines is 1. The zero-order valence-electron chi connectivity index (χ0n) is 15.1. The van der Waals surface area contributed by atoms with Crippen molar-refractivity contribution in [3.63, 3.8) is 0 Å². The van der Waals surface area contributed by atoms with Gasteiger partial charge in [-0.3, -0.25) is 10.00 Å². The molecule has 1 saturated heterocycles. The molecule has 8 nitrogen and oxygen atoms in total. The van der Waals surface area contributed by atoms with E-state index in [2.05, 4.69) is 42.4 Å². The monoisotopic (exact) mass is 364 g/mol. The molecule has 27 heavy (non-hydrogen) atoms. The van der Waals surface area contributed by atoms with Crippen molar-refractivity contribution in [2.24, 2.45) is 0 Å². The Hall–Kier alpha value is -3.13. The Bertz CT molecular complexity index is 1020. The summed E-state index contributed by atoms with van der Waals surface area (Å²) in [6.07, 6.45) is 1.89. The van der Waals surface area contributed by atoms with Gasteiger partial charge in [-0.05, 0) is 24.2 Å². The molecular weight excluding hydrogens is 344 g/mol. The number of H-pyrrole nitrogens is 1. The number of aryl methyl sites for hydroxylation is 1. The number of rotatable bonds is 4. The highest BCUT2D eigenvalue weighted by molar-refractivity contribution is 5.82. The van der Waals surface area contributed by atoms with Crippen molar-refractivity contribution in [1.29, 1.82) is 0 Å². The van der Waals surface area contributed by atoms with Gasteiger partial charge in [0.2, 0.25) is 0 Å². The third-order valence-corrected chi connectivity index (χ3v) is 5.08. The number of furan rings is 1. The number of para-hydroxylation sites is 1. The number of hydrogen-bond acceptors (Lipinski definition) is 7. The molecule has 4 aromatic rings. The Morgan fingerprint density at radius 1 is 1.11 bits per heavy atom. The van der Waals surface area contributed by atoms with Crippen LogP contribution in [-0.4, -0.2) is 51.6 Å². The van der Waals surface area contributed by atoms with E-state index in [0.717, 1.165) is 72.2 Å². The van der Waals surface area contributed by atoms with Gasteiger partial charge in [-0.1, -0.05) is 23.4 Å². The van der Waals surface area contributed by atoms with Crippen molar-refractivity contribution in [3.05, 3.63) is 47.8 Å². The first-order valence-corrected chi connectivity index (χ1v) is 9.05. The second-order valence-corrected chi connectivity index (χ2v) is 6.86. The molecule has 0 radical (unpaired) electrons. The van der Waals surface area contributed by atoms with Gasteiger partial charge in [-0.15, -0.1) is 0 Å². The molecule has 138 valence electrons. The quantitative estimate of drug-likeness (QED) is 0.596. The second kappa shape index (κ2) is 6.55. The van der Waals surface area contributed by atoms with Gasteiger partial charge >= 0.3 is 0 Å². The summed E-state index contributed by atoms with van der Waals surface area (Å²) < 4.78 is 10.8. The minimum atomic E-state index is 0.826. The van der Waals surface area contributed by atoms with E-state index < -0.39 is 0 Å². The predicted molar refractivity (Wildman–Crippen MR) is 100 cm³/mol. The summed E-state index contributed by atoms with van der Waals surface area (Å²) in [5.41, 5.74) is 3.82. The van der Waals surface area contributed by atoms with Crippen molar-refractivity contribution < 1.29 is 9.05 Å². The highest BCUT2D eigenvalue weighted by atomic mass is 16.6. The number of nitrogens with one attached hydrogen (secondary N) is 1. The number of nitrogens with zero attached hydrogens (tertiary/aromatic N) is 5. The van der Waals surface area contributed by atoms with Crippen LogP contribution in [0.3, 0.4) is 0 Å². The fraction of sp³-hybridized carbons (Fsp3) is 0.316. The summed E-state index contributed by atoms with van der Waals surface area (Å²) in [6, 6.07) is 10.1. The maximum Gasteiger partial charge on any atom is 0.196 e. The van der Waals surface area contributed by atoms with Crippen LogP contribution in [0, 0.1) is 6.92 Å². The molecule has 5 rings (SSSR count). The number of piperazine rings is 1. The van der Waals surface area contributed by atoms with Crippen molar-refractivity contribution in [1.82, 2.24) is 25.4 Å². The zero-order valence-corrected chi connectivity index (χ0v) is 15.1. The molecule has 1 fully saturated rings. The number of fused-ring (bicyclic) bond motifs is 1. The molecule has 1 aromatic carbocycles. The van der Waals surface area contributed by atoms with Crippen molar-refractivity contribution in [3.8, 4) is 11.5 Å². The normalized spacial score (nSPS) is 15.7. The molecule has 0 unspecified atom stereocenters. The maximum atomic E-state index is 6.00. The molecule has 0 aliphatic carbocycles. The van der Waals surface area contributed by atoms with Crippen molar-refractivity contribution in [2.45, 2.75) is 13.5 Å². The lowest BCUT2D eigenvalue weighted by Gasteiger charge is -2.34. The summed E-state index contributed by atoms with van der Waals surface area (Å²) >= 11 is 0. The lowest BCUT2D eigenvalue weighted by molar-refractivity contribution is 0.247. The van der Waals surface area contributed by atoms with E-state index in [0.29, 0.717) is 0 Å². The Morgan fingerprint density at radius 2 is 1.96 bits per heavy atom. The summed E-state index contributed by atoms with van der Waals surface area (Å²) in [6.45, 7) is 6.42. The van der Waals surface area contributed by atoms with E-state index >= 15 is 0 Å². The first-order valence-electron chi connectivity index (χ1n) is 9.05. The number of aromatic nitrogens is 4. The molecule has 8 heteroatoms. The van der Waals surface area contributed by atoms with Crippen LogP contribution in [0.2, 0.25) is 0 Å². The van der Waals surface area contributed by atoms with Gasteiger partial charge in [-0.2, -0.15) is 5.10 Å². The van der Waals surface area contributed by atoms with E-state index in [1.165, 1.54) is 0 Å². The van der Waals surface area contributed by atoms with Gasteiger partial charge in [0, 0.05) is 43.7 Å². The van der Waals surface area contributed by atoms with Crippen LogP contribution in [0.4, 0.5) is 5.82 Å². The molecule has 0 bridgehead atoms. The molecule has 1 aliphatic heterocycles. The Morgan fingerprint density at radius 3 is 2.74 bits per heavy atom. The van der Waals surface area contributed by atoms with Crippen LogP contribution in [0.1, 0.15) is 11.3 Å². The van der Waals surface area contributed by atoms with Crippen LogP contribution in [0.15, 0.2) is 45.6 Å².